The van der Waals surface area contributed by atoms with Crippen LogP contribution in [-0.4, -0.2) is 35.1 Å². The fourth-order valence-electron chi connectivity index (χ4n) is 2.20. The second-order valence-corrected chi connectivity index (χ2v) is 5.52. The molecule has 2 atom stereocenters. The van der Waals surface area contributed by atoms with Crippen LogP contribution in [-0.2, 0) is 0 Å². The van der Waals surface area contributed by atoms with E-state index in [4.69, 9.17) is 0 Å². The molecular weight excluding hydrogens is 301 g/mol. The summed E-state index contributed by atoms with van der Waals surface area (Å²) in [6.45, 7) is 2.94. The number of nitrogens with zero attached hydrogens (tertiary/aromatic N) is 1. The molecule has 1 N–H and O–H groups in total. The second-order valence-electron chi connectivity index (χ2n) is 4.66. The van der Waals surface area contributed by atoms with E-state index in [1.807, 2.05) is 0 Å². The average molecular weight is 316 g/mol. The number of likely N-dealkylation sites (tertiary alicyclic amines) is 1. The first-order valence-electron chi connectivity index (χ1n) is 5.91. The third-order valence-corrected chi connectivity index (χ3v) is 4.01. The van der Waals surface area contributed by atoms with Crippen LogP contribution in [0.2, 0.25) is 0 Å². The molecule has 0 radical (unpaired) electrons. The molecule has 1 aliphatic heterocycles. The van der Waals surface area contributed by atoms with E-state index in [-0.39, 0.29) is 17.6 Å². The predicted octanol–water partition coefficient (Wildman–Crippen LogP) is 2.43. The van der Waals surface area contributed by atoms with Crippen molar-refractivity contribution in [1.82, 2.24) is 4.90 Å². The fraction of sp³-hybridized carbons (Fsp3) is 0.462. The molecule has 1 heterocycles. The fourth-order valence-corrected chi connectivity index (χ4v) is 2.72. The van der Waals surface area contributed by atoms with E-state index < -0.39 is 6.10 Å². The molecule has 98 valence electrons. The minimum absolute atomic E-state index is 0.120. The Labute approximate surface area is 114 Å². The summed E-state index contributed by atoms with van der Waals surface area (Å²) >= 11 is 3.20. The molecule has 2 rings (SSSR count). The largest absolute Gasteiger partial charge is 0.393 e. The molecule has 5 heteroatoms. The van der Waals surface area contributed by atoms with E-state index in [1.165, 1.54) is 18.2 Å². The SMILES string of the molecule is CC(O)C1CCN(C(=O)c2ccc(F)cc2Br)C1. The van der Waals surface area contributed by atoms with Crippen LogP contribution in [0.15, 0.2) is 22.7 Å². The molecule has 0 aromatic heterocycles. The highest BCUT2D eigenvalue weighted by atomic mass is 79.9. The third kappa shape index (κ3) is 2.72. The van der Waals surface area contributed by atoms with E-state index in [0.29, 0.717) is 23.1 Å². The van der Waals surface area contributed by atoms with E-state index in [2.05, 4.69) is 15.9 Å². The Morgan fingerprint density at radius 1 is 1.61 bits per heavy atom. The summed E-state index contributed by atoms with van der Waals surface area (Å²) < 4.78 is 13.4. The molecule has 1 amide bonds. The van der Waals surface area contributed by atoms with Crippen LogP contribution >= 0.6 is 15.9 Å². The molecule has 1 fully saturated rings. The summed E-state index contributed by atoms with van der Waals surface area (Å²) in [5.74, 6) is -0.361. The van der Waals surface area contributed by atoms with Crippen molar-refractivity contribution in [3.05, 3.63) is 34.1 Å². The second kappa shape index (κ2) is 5.36. The molecular formula is C13H15BrFNO2. The van der Waals surface area contributed by atoms with E-state index in [1.54, 1.807) is 11.8 Å². The number of rotatable bonds is 2. The highest BCUT2D eigenvalue weighted by Gasteiger charge is 2.30. The quantitative estimate of drug-likeness (QED) is 0.910. The summed E-state index contributed by atoms with van der Waals surface area (Å²) in [7, 11) is 0. The summed E-state index contributed by atoms with van der Waals surface area (Å²) in [5, 5.41) is 9.52. The lowest BCUT2D eigenvalue weighted by Crippen LogP contribution is -2.30. The van der Waals surface area contributed by atoms with Crippen LogP contribution in [0.5, 0.6) is 0 Å². The van der Waals surface area contributed by atoms with E-state index >= 15 is 0 Å². The highest BCUT2D eigenvalue weighted by Crippen LogP contribution is 2.25. The molecule has 1 aromatic carbocycles. The lowest BCUT2D eigenvalue weighted by atomic mass is 10.0. The van der Waals surface area contributed by atoms with Gasteiger partial charge in [-0.15, -0.1) is 0 Å². The lowest BCUT2D eigenvalue weighted by Gasteiger charge is -2.18. The smallest absolute Gasteiger partial charge is 0.255 e. The molecule has 2 unspecified atom stereocenters. The van der Waals surface area contributed by atoms with Gasteiger partial charge in [-0.1, -0.05) is 0 Å². The van der Waals surface area contributed by atoms with Gasteiger partial charge in [0.2, 0.25) is 0 Å². The normalized spacial score (nSPS) is 21.1. The van der Waals surface area contributed by atoms with Crippen LogP contribution in [0, 0.1) is 11.7 Å². The Morgan fingerprint density at radius 3 is 2.89 bits per heavy atom. The summed E-state index contributed by atoms with van der Waals surface area (Å²) in [5.41, 5.74) is 0.461. The van der Waals surface area contributed by atoms with Crippen LogP contribution in [0.3, 0.4) is 0 Å². The van der Waals surface area contributed by atoms with Crippen molar-refractivity contribution >= 4 is 21.8 Å². The average Bonchev–Trinajstić information content (AvgIpc) is 2.77. The minimum atomic E-state index is -0.403. The van der Waals surface area contributed by atoms with Crippen LogP contribution in [0.25, 0.3) is 0 Å². The molecule has 0 saturated carbocycles. The first-order chi connectivity index (χ1) is 8.49. The van der Waals surface area contributed by atoms with E-state index in [0.717, 1.165) is 6.42 Å². The van der Waals surface area contributed by atoms with Gasteiger partial charge in [-0.3, -0.25) is 4.79 Å². The number of halogens is 2. The number of aliphatic hydroxyl groups excluding tert-OH is 1. The maximum Gasteiger partial charge on any atom is 0.255 e. The van der Waals surface area contributed by atoms with Gasteiger partial charge in [-0.2, -0.15) is 0 Å². The summed E-state index contributed by atoms with van der Waals surface area (Å²) in [6.07, 6.45) is 0.404. The zero-order chi connectivity index (χ0) is 13.3. The van der Waals surface area contributed by atoms with Gasteiger partial charge in [-0.25, -0.2) is 4.39 Å². The molecule has 3 nitrogen and oxygen atoms in total. The number of amides is 1. The van der Waals surface area contributed by atoms with Crippen LogP contribution in [0.1, 0.15) is 23.7 Å². The Bertz CT molecular complexity index is 464. The van der Waals surface area contributed by atoms with Crippen molar-refractivity contribution in [2.45, 2.75) is 19.4 Å². The molecule has 1 saturated heterocycles. The third-order valence-electron chi connectivity index (χ3n) is 3.36. The van der Waals surface area contributed by atoms with Gasteiger partial charge in [0.15, 0.2) is 0 Å². The van der Waals surface area contributed by atoms with E-state index in [9.17, 15) is 14.3 Å². The van der Waals surface area contributed by atoms with Gasteiger partial charge >= 0.3 is 0 Å². The van der Waals surface area contributed by atoms with Gasteiger partial charge in [0, 0.05) is 23.5 Å². The summed E-state index contributed by atoms with van der Waals surface area (Å²) in [6, 6.07) is 4.05. The first-order valence-corrected chi connectivity index (χ1v) is 6.70. The number of carbonyl (C=O) groups excluding carboxylic acids is 1. The predicted molar refractivity (Wildman–Crippen MR) is 69.8 cm³/mol. The van der Waals surface area contributed by atoms with Gasteiger partial charge in [0.05, 0.1) is 11.7 Å². The van der Waals surface area contributed by atoms with Gasteiger partial charge in [-0.05, 0) is 47.5 Å². The standard InChI is InChI=1S/C13H15BrFNO2/c1-8(17)9-4-5-16(7-9)13(18)11-3-2-10(15)6-12(11)14/h2-3,6,8-9,17H,4-5,7H2,1H3. The zero-order valence-corrected chi connectivity index (χ0v) is 11.7. The molecule has 1 aliphatic rings. The molecule has 1 aromatic rings. The Hall–Kier alpha value is -0.940. The minimum Gasteiger partial charge on any atom is -0.393 e. The molecule has 0 spiro atoms. The highest BCUT2D eigenvalue weighted by molar-refractivity contribution is 9.10. The number of benzene rings is 1. The number of hydrogen-bond donors (Lipinski definition) is 1. The van der Waals surface area contributed by atoms with Crippen molar-refractivity contribution in [3.63, 3.8) is 0 Å². The van der Waals surface area contributed by atoms with Crippen molar-refractivity contribution in [1.29, 1.82) is 0 Å². The van der Waals surface area contributed by atoms with Crippen LogP contribution in [0.4, 0.5) is 4.39 Å². The maximum absolute atomic E-state index is 13.0. The molecule has 0 bridgehead atoms. The van der Waals surface area contributed by atoms with Crippen molar-refractivity contribution in [2.24, 2.45) is 5.92 Å². The lowest BCUT2D eigenvalue weighted by molar-refractivity contribution is 0.0761. The number of carbonyl (C=O) groups is 1. The maximum atomic E-state index is 13.0. The van der Waals surface area contributed by atoms with Crippen molar-refractivity contribution in [2.75, 3.05) is 13.1 Å². The van der Waals surface area contributed by atoms with Crippen molar-refractivity contribution in [3.8, 4) is 0 Å². The Balaban J connectivity index is 2.13. The summed E-state index contributed by atoms with van der Waals surface area (Å²) in [4.78, 5) is 13.9. The van der Waals surface area contributed by atoms with Crippen molar-refractivity contribution < 1.29 is 14.3 Å². The monoisotopic (exact) mass is 315 g/mol. The topological polar surface area (TPSA) is 40.5 Å². The number of aliphatic hydroxyl groups is 1. The Morgan fingerprint density at radius 2 is 2.33 bits per heavy atom. The molecule has 0 aliphatic carbocycles. The van der Waals surface area contributed by atoms with Gasteiger partial charge in [0.1, 0.15) is 5.82 Å². The number of hydrogen-bond acceptors (Lipinski definition) is 2. The van der Waals surface area contributed by atoms with Gasteiger partial charge in [0.25, 0.3) is 5.91 Å². The first kappa shape index (κ1) is 13.5. The Kier molecular flexibility index (Phi) is 4.02. The van der Waals surface area contributed by atoms with Crippen LogP contribution < -0.4 is 0 Å². The van der Waals surface area contributed by atoms with Gasteiger partial charge < -0.3 is 10.0 Å². The zero-order valence-electron chi connectivity index (χ0n) is 10.1. The molecule has 18 heavy (non-hydrogen) atoms.